The van der Waals surface area contributed by atoms with Crippen molar-refractivity contribution in [1.29, 1.82) is 5.26 Å². The van der Waals surface area contributed by atoms with E-state index in [0.29, 0.717) is 17.7 Å². The summed E-state index contributed by atoms with van der Waals surface area (Å²) in [6.07, 6.45) is 5.30. The lowest BCUT2D eigenvalue weighted by Gasteiger charge is -2.20. The van der Waals surface area contributed by atoms with Gasteiger partial charge in [-0.25, -0.2) is 4.98 Å². The van der Waals surface area contributed by atoms with E-state index in [0.717, 1.165) is 5.56 Å². The van der Waals surface area contributed by atoms with Gasteiger partial charge < -0.3 is 9.88 Å². The maximum atomic E-state index is 12.5. The molecule has 0 spiro atoms. The van der Waals surface area contributed by atoms with Crippen LogP contribution in [0.4, 0.5) is 0 Å². The molecule has 1 atom stereocenters. The van der Waals surface area contributed by atoms with E-state index in [9.17, 15) is 4.79 Å². The maximum Gasteiger partial charge on any atom is 0.251 e. The minimum absolute atomic E-state index is 0.173. The third-order valence-corrected chi connectivity index (χ3v) is 3.74. The Labute approximate surface area is 140 Å². The van der Waals surface area contributed by atoms with Crippen LogP contribution in [0, 0.1) is 11.3 Å². The van der Waals surface area contributed by atoms with Crippen LogP contribution in [0.15, 0.2) is 73.3 Å². The lowest BCUT2D eigenvalue weighted by Crippen LogP contribution is -2.31. The molecule has 0 bridgehead atoms. The quantitative estimate of drug-likeness (QED) is 0.786. The van der Waals surface area contributed by atoms with E-state index >= 15 is 0 Å². The van der Waals surface area contributed by atoms with Crippen LogP contribution in [-0.4, -0.2) is 15.5 Å². The van der Waals surface area contributed by atoms with Gasteiger partial charge in [-0.05, 0) is 29.8 Å². The Morgan fingerprint density at radius 1 is 1.17 bits per heavy atom. The van der Waals surface area contributed by atoms with E-state index in [-0.39, 0.29) is 11.9 Å². The van der Waals surface area contributed by atoms with Crippen molar-refractivity contribution in [1.82, 2.24) is 14.9 Å². The van der Waals surface area contributed by atoms with Gasteiger partial charge in [-0.3, -0.25) is 4.79 Å². The number of hydrogen-bond acceptors (Lipinski definition) is 3. The van der Waals surface area contributed by atoms with E-state index in [1.54, 1.807) is 36.8 Å². The molecule has 0 aliphatic carbocycles. The average molecular weight is 316 g/mol. The molecule has 3 rings (SSSR count). The number of imidazole rings is 1. The van der Waals surface area contributed by atoms with Crippen LogP contribution in [0.1, 0.15) is 27.5 Å². The number of hydrogen-bond donors (Lipinski definition) is 1. The van der Waals surface area contributed by atoms with Crippen LogP contribution >= 0.6 is 0 Å². The first-order valence-corrected chi connectivity index (χ1v) is 7.58. The summed E-state index contributed by atoms with van der Waals surface area (Å²) < 4.78 is 1.93. The molecule has 5 heteroatoms. The van der Waals surface area contributed by atoms with Crippen molar-refractivity contribution in [3.8, 4) is 6.07 Å². The van der Waals surface area contributed by atoms with E-state index in [1.807, 2.05) is 47.2 Å². The van der Waals surface area contributed by atoms with Crippen LogP contribution in [0.25, 0.3) is 0 Å². The number of nitrogens with one attached hydrogen (secondary N) is 1. The summed E-state index contributed by atoms with van der Waals surface area (Å²) in [6.45, 7) is 0.589. The van der Waals surface area contributed by atoms with Gasteiger partial charge in [0.15, 0.2) is 0 Å². The smallest absolute Gasteiger partial charge is 0.251 e. The Hall–Kier alpha value is -3.39. The molecule has 0 aliphatic heterocycles. The molecule has 0 radical (unpaired) electrons. The van der Waals surface area contributed by atoms with Crippen molar-refractivity contribution < 1.29 is 4.79 Å². The van der Waals surface area contributed by atoms with Crippen LogP contribution in [0.5, 0.6) is 0 Å². The summed E-state index contributed by atoms with van der Waals surface area (Å²) in [5, 5.41) is 11.9. The highest BCUT2D eigenvalue weighted by atomic mass is 16.1. The molecule has 2 aromatic carbocycles. The largest absolute Gasteiger partial charge is 0.343 e. The molecular weight excluding hydrogens is 300 g/mol. The number of nitrogens with zero attached hydrogens (tertiary/aromatic N) is 3. The molecule has 1 amide bonds. The number of benzene rings is 2. The predicted molar refractivity (Wildman–Crippen MR) is 90.0 cm³/mol. The van der Waals surface area contributed by atoms with Crippen LogP contribution < -0.4 is 5.32 Å². The lowest BCUT2D eigenvalue weighted by atomic mass is 10.1. The molecule has 3 aromatic rings. The fourth-order valence-electron chi connectivity index (χ4n) is 2.46. The minimum Gasteiger partial charge on any atom is -0.343 e. The second-order valence-corrected chi connectivity index (χ2v) is 5.39. The van der Waals surface area contributed by atoms with E-state index < -0.39 is 0 Å². The summed E-state index contributed by atoms with van der Waals surface area (Å²) >= 11 is 0. The Morgan fingerprint density at radius 3 is 2.54 bits per heavy atom. The summed E-state index contributed by atoms with van der Waals surface area (Å²) in [6, 6.07) is 18.3. The van der Waals surface area contributed by atoms with E-state index in [1.165, 1.54) is 0 Å². The van der Waals surface area contributed by atoms with Crippen LogP contribution in [0.2, 0.25) is 0 Å². The van der Waals surface area contributed by atoms with Gasteiger partial charge in [0, 0.05) is 24.5 Å². The number of aromatic nitrogens is 2. The SMILES string of the molecule is N#Cc1ccc(C(=O)N[C@@H](Cn2ccnc2)c2ccccc2)cc1. The van der Waals surface area contributed by atoms with Gasteiger partial charge in [0.1, 0.15) is 0 Å². The monoisotopic (exact) mass is 316 g/mol. The zero-order valence-corrected chi connectivity index (χ0v) is 13.0. The second kappa shape index (κ2) is 7.25. The van der Waals surface area contributed by atoms with Crippen molar-refractivity contribution in [3.63, 3.8) is 0 Å². The molecule has 0 fully saturated rings. The maximum absolute atomic E-state index is 12.5. The van der Waals surface area contributed by atoms with Crippen molar-refractivity contribution in [2.45, 2.75) is 12.6 Å². The van der Waals surface area contributed by atoms with Gasteiger partial charge in [-0.15, -0.1) is 0 Å². The standard InChI is InChI=1S/C19H16N4O/c20-12-15-6-8-17(9-7-15)19(24)22-18(13-23-11-10-21-14-23)16-4-2-1-3-5-16/h1-11,14,18H,13H2,(H,22,24)/t18-/m0/s1. The summed E-state index contributed by atoms with van der Waals surface area (Å²) in [5.74, 6) is -0.173. The first kappa shape index (κ1) is 15.5. The van der Waals surface area contributed by atoms with Gasteiger partial charge in [-0.1, -0.05) is 30.3 Å². The number of rotatable bonds is 5. The molecule has 118 valence electrons. The first-order chi connectivity index (χ1) is 11.8. The topological polar surface area (TPSA) is 70.7 Å². The van der Waals surface area contributed by atoms with Crippen molar-refractivity contribution in [2.75, 3.05) is 0 Å². The molecule has 1 heterocycles. The third kappa shape index (κ3) is 3.68. The molecule has 0 aliphatic rings. The first-order valence-electron chi connectivity index (χ1n) is 7.58. The van der Waals surface area contributed by atoms with Crippen molar-refractivity contribution in [3.05, 3.63) is 90.0 Å². The van der Waals surface area contributed by atoms with Crippen molar-refractivity contribution >= 4 is 5.91 Å². The number of carbonyl (C=O) groups is 1. The van der Waals surface area contributed by atoms with Gasteiger partial charge >= 0.3 is 0 Å². The second-order valence-electron chi connectivity index (χ2n) is 5.39. The van der Waals surface area contributed by atoms with E-state index in [2.05, 4.69) is 10.3 Å². The number of carbonyl (C=O) groups excluding carboxylic acids is 1. The Bertz CT molecular complexity index is 833. The molecule has 1 N–H and O–H groups in total. The Kier molecular flexibility index (Phi) is 4.68. The highest BCUT2D eigenvalue weighted by Crippen LogP contribution is 2.16. The summed E-state index contributed by atoms with van der Waals surface area (Å²) in [4.78, 5) is 16.6. The Morgan fingerprint density at radius 2 is 1.92 bits per heavy atom. The fourth-order valence-corrected chi connectivity index (χ4v) is 2.46. The normalized spacial score (nSPS) is 11.5. The van der Waals surface area contributed by atoms with Crippen LogP contribution in [-0.2, 0) is 6.54 Å². The minimum atomic E-state index is -0.177. The average Bonchev–Trinajstić information content (AvgIpc) is 3.15. The highest BCUT2D eigenvalue weighted by Gasteiger charge is 2.16. The van der Waals surface area contributed by atoms with Crippen LogP contribution in [0.3, 0.4) is 0 Å². The molecule has 0 saturated heterocycles. The number of amides is 1. The third-order valence-electron chi connectivity index (χ3n) is 3.74. The van der Waals surface area contributed by atoms with Gasteiger partial charge in [0.2, 0.25) is 0 Å². The van der Waals surface area contributed by atoms with Gasteiger partial charge in [0.05, 0.1) is 24.0 Å². The van der Waals surface area contributed by atoms with Gasteiger partial charge in [-0.2, -0.15) is 5.26 Å². The molecule has 0 saturated carbocycles. The highest BCUT2D eigenvalue weighted by molar-refractivity contribution is 5.94. The van der Waals surface area contributed by atoms with E-state index in [4.69, 9.17) is 5.26 Å². The van der Waals surface area contributed by atoms with Gasteiger partial charge in [0.25, 0.3) is 5.91 Å². The number of nitriles is 1. The Balaban J connectivity index is 1.80. The predicted octanol–water partition coefficient (Wildman–Crippen LogP) is 2.93. The molecule has 1 aromatic heterocycles. The molecular formula is C19H16N4O. The molecule has 5 nitrogen and oxygen atoms in total. The fraction of sp³-hybridized carbons (Fsp3) is 0.105. The molecule has 0 unspecified atom stereocenters. The molecule has 24 heavy (non-hydrogen) atoms. The van der Waals surface area contributed by atoms with Crippen molar-refractivity contribution in [2.24, 2.45) is 0 Å². The lowest BCUT2D eigenvalue weighted by molar-refractivity contribution is 0.0932. The summed E-state index contributed by atoms with van der Waals surface area (Å²) in [5.41, 5.74) is 2.08. The zero-order valence-electron chi connectivity index (χ0n) is 13.0. The zero-order chi connectivity index (χ0) is 16.8. The summed E-state index contributed by atoms with van der Waals surface area (Å²) in [7, 11) is 0.